The van der Waals surface area contributed by atoms with Crippen LogP contribution in [-0.2, 0) is 6.42 Å². The topological polar surface area (TPSA) is 41.5 Å². The van der Waals surface area contributed by atoms with Crippen LogP contribution in [-0.4, -0.2) is 24.8 Å². The van der Waals surface area contributed by atoms with Gasteiger partial charge in [0.2, 0.25) is 0 Å². The Morgan fingerprint density at radius 1 is 1.44 bits per heavy atom. The Balaban J connectivity index is 2.22. The van der Waals surface area contributed by atoms with E-state index in [1.165, 1.54) is 5.56 Å². The van der Waals surface area contributed by atoms with E-state index in [4.69, 9.17) is 4.74 Å². The third-order valence-electron chi connectivity index (χ3n) is 3.20. The van der Waals surface area contributed by atoms with Gasteiger partial charge in [-0.2, -0.15) is 0 Å². The zero-order valence-electron chi connectivity index (χ0n) is 9.86. The molecule has 1 aliphatic heterocycles. The number of aliphatic hydroxyl groups excluding tert-OH is 1. The minimum atomic E-state index is -0.461. The molecule has 0 spiro atoms. The second-order valence-corrected chi connectivity index (χ2v) is 4.34. The van der Waals surface area contributed by atoms with Gasteiger partial charge in [-0.3, -0.25) is 0 Å². The smallest absolute Gasteiger partial charge is 0.122 e. The SMILES string of the molecule is CN[C@@H](C)[C@@H](O)c1ccc2c(c1)CCCO2. The molecule has 2 atom stereocenters. The zero-order valence-corrected chi connectivity index (χ0v) is 9.86. The van der Waals surface area contributed by atoms with E-state index < -0.39 is 6.10 Å². The summed E-state index contributed by atoms with van der Waals surface area (Å²) in [4.78, 5) is 0. The normalized spacial score (nSPS) is 18.4. The molecule has 0 radical (unpaired) electrons. The van der Waals surface area contributed by atoms with Gasteiger partial charge in [0.1, 0.15) is 5.75 Å². The average Bonchev–Trinajstić information content (AvgIpc) is 2.36. The molecule has 1 aliphatic rings. The average molecular weight is 221 g/mol. The molecule has 0 saturated heterocycles. The molecule has 0 amide bonds. The van der Waals surface area contributed by atoms with E-state index in [1.54, 1.807) is 0 Å². The van der Waals surface area contributed by atoms with Crippen molar-refractivity contribution in [3.63, 3.8) is 0 Å². The summed E-state index contributed by atoms with van der Waals surface area (Å²) < 4.78 is 5.55. The summed E-state index contributed by atoms with van der Waals surface area (Å²) in [6.07, 6.45) is 1.65. The van der Waals surface area contributed by atoms with Gasteiger partial charge in [-0.1, -0.05) is 6.07 Å². The van der Waals surface area contributed by atoms with Crippen molar-refractivity contribution in [3.05, 3.63) is 29.3 Å². The van der Waals surface area contributed by atoms with Crippen molar-refractivity contribution in [2.75, 3.05) is 13.7 Å². The van der Waals surface area contributed by atoms with Crippen LogP contribution >= 0.6 is 0 Å². The van der Waals surface area contributed by atoms with Crippen molar-refractivity contribution in [1.29, 1.82) is 0 Å². The van der Waals surface area contributed by atoms with Gasteiger partial charge in [0.25, 0.3) is 0 Å². The summed E-state index contributed by atoms with van der Waals surface area (Å²) in [5.41, 5.74) is 2.18. The maximum absolute atomic E-state index is 10.1. The molecule has 0 aliphatic carbocycles. The second-order valence-electron chi connectivity index (χ2n) is 4.34. The van der Waals surface area contributed by atoms with Crippen molar-refractivity contribution in [2.24, 2.45) is 0 Å². The minimum Gasteiger partial charge on any atom is -0.493 e. The van der Waals surface area contributed by atoms with E-state index in [0.29, 0.717) is 0 Å². The summed E-state index contributed by atoms with van der Waals surface area (Å²) in [5, 5.41) is 13.1. The molecule has 0 aromatic heterocycles. The predicted molar refractivity (Wildman–Crippen MR) is 63.7 cm³/mol. The monoisotopic (exact) mass is 221 g/mol. The summed E-state index contributed by atoms with van der Waals surface area (Å²) in [7, 11) is 1.86. The molecule has 3 heteroatoms. The lowest BCUT2D eigenvalue weighted by molar-refractivity contribution is 0.140. The molecule has 0 bridgehead atoms. The van der Waals surface area contributed by atoms with Crippen molar-refractivity contribution in [2.45, 2.75) is 31.9 Å². The van der Waals surface area contributed by atoms with Crippen molar-refractivity contribution < 1.29 is 9.84 Å². The molecule has 1 aromatic carbocycles. The highest BCUT2D eigenvalue weighted by Crippen LogP contribution is 2.28. The summed E-state index contributed by atoms with van der Waals surface area (Å²) in [5.74, 6) is 0.972. The van der Waals surface area contributed by atoms with E-state index in [1.807, 2.05) is 26.1 Å². The first-order valence-corrected chi connectivity index (χ1v) is 5.83. The number of rotatable bonds is 3. The minimum absolute atomic E-state index is 0.0579. The molecule has 0 fully saturated rings. The van der Waals surface area contributed by atoms with Crippen LogP contribution in [0.5, 0.6) is 5.75 Å². The van der Waals surface area contributed by atoms with Crippen molar-refractivity contribution >= 4 is 0 Å². The summed E-state index contributed by atoms with van der Waals surface area (Å²) >= 11 is 0. The van der Waals surface area contributed by atoms with Crippen LogP contribution in [0.2, 0.25) is 0 Å². The highest BCUT2D eigenvalue weighted by Gasteiger charge is 2.17. The molecule has 16 heavy (non-hydrogen) atoms. The number of aryl methyl sites for hydroxylation is 1. The van der Waals surface area contributed by atoms with Crippen LogP contribution in [0.1, 0.15) is 30.6 Å². The van der Waals surface area contributed by atoms with Crippen molar-refractivity contribution in [1.82, 2.24) is 5.32 Å². The van der Waals surface area contributed by atoms with Gasteiger partial charge in [0.05, 0.1) is 12.7 Å². The van der Waals surface area contributed by atoms with Crippen LogP contribution < -0.4 is 10.1 Å². The van der Waals surface area contributed by atoms with Gasteiger partial charge in [-0.25, -0.2) is 0 Å². The molecule has 1 aromatic rings. The summed E-state index contributed by atoms with van der Waals surface area (Å²) in [6, 6.07) is 6.04. The van der Waals surface area contributed by atoms with E-state index in [0.717, 1.165) is 30.8 Å². The Morgan fingerprint density at radius 3 is 3.00 bits per heavy atom. The molecule has 3 nitrogen and oxygen atoms in total. The standard InChI is InChI=1S/C13H19NO2/c1-9(14-2)13(15)11-5-6-12-10(8-11)4-3-7-16-12/h5-6,8-9,13-15H,3-4,7H2,1-2H3/t9-,13+/m0/s1. The van der Waals surface area contributed by atoms with Crippen LogP contribution in [0.4, 0.5) is 0 Å². The molecule has 88 valence electrons. The van der Waals surface area contributed by atoms with Gasteiger partial charge in [-0.05, 0) is 50.1 Å². The first-order chi connectivity index (χ1) is 7.72. The number of ether oxygens (including phenoxy) is 1. The van der Waals surface area contributed by atoms with Gasteiger partial charge in [0.15, 0.2) is 0 Å². The third-order valence-corrected chi connectivity index (χ3v) is 3.20. The predicted octanol–water partition coefficient (Wildman–Crippen LogP) is 1.65. The Labute approximate surface area is 96.4 Å². The lowest BCUT2D eigenvalue weighted by atomic mass is 9.98. The second kappa shape index (κ2) is 4.85. The summed E-state index contributed by atoms with van der Waals surface area (Å²) in [6.45, 7) is 2.78. The zero-order chi connectivity index (χ0) is 11.5. The molecule has 0 saturated carbocycles. The van der Waals surface area contributed by atoms with Gasteiger partial charge in [0, 0.05) is 6.04 Å². The third kappa shape index (κ3) is 2.20. The van der Waals surface area contributed by atoms with E-state index >= 15 is 0 Å². The molecule has 1 heterocycles. The van der Waals surface area contributed by atoms with Crippen LogP contribution in [0.25, 0.3) is 0 Å². The number of hydrogen-bond acceptors (Lipinski definition) is 3. The van der Waals surface area contributed by atoms with Crippen LogP contribution in [0, 0.1) is 0 Å². The number of likely N-dealkylation sites (N-methyl/N-ethyl adjacent to an activating group) is 1. The number of fused-ring (bicyclic) bond motifs is 1. The maximum atomic E-state index is 10.1. The number of benzene rings is 1. The highest BCUT2D eigenvalue weighted by molar-refractivity contribution is 5.39. The van der Waals surface area contributed by atoms with Crippen molar-refractivity contribution in [3.8, 4) is 5.75 Å². The lowest BCUT2D eigenvalue weighted by Gasteiger charge is -2.22. The fourth-order valence-corrected chi connectivity index (χ4v) is 2.01. The van der Waals surface area contributed by atoms with Crippen LogP contribution in [0.3, 0.4) is 0 Å². The first kappa shape index (κ1) is 11.4. The molecular formula is C13H19NO2. The van der Waals surface area contributed by atoms with E-state index in [2.05, 4.69) is 11.4 Å². The number of aliphatic hydroxyl groups is 1. The number of hydrogen-bond donors (Lipinski definition) is 2. The Morgan fingerprint density at radius 2 is 2.25 bits per heavy atom. The van der Waals surface area contributed by atoms with E-state index in [9.17, 15) is 5.11 Å². The Bertz CT molecular complexity index is 365. The molecule has 2 N–H and O–H groups in total. The van der Waals surface area contributed by atoms with Gasteiger partial charge in [-0.15, -0.1) is 0 Å². The Kier molecular flexibility index (Phi) is 3.46. The van der Waals surface area contributed by atoms with E-state index in [-0.39, 0.29) is 6.04 Å². The molecular weight excluding hydrogens is 202 g/mol. The largest absolute Gasteiger partial charge is 0.493 e. The molecule has 2 rings (SSSR count). The molecule has 0 unspecified atom stereocenters. The Hall–Kier alpha value is -1.06. The first-order valence-electron chi connectivity index (χ1n) is 5.83. The van der Waals surface area contributed by atoms with Gasteiger partial charge >= 0.3 is 0 Å². The fraction of sp³-hybridized carbons (Fsp3) is 0.538. The fourth-order valence-electron chi connectivity index (χ4n) is 2.01. The van der Waals surface area contributed by atoms with Gasteiger partial charge < -0.3 is 15.2 Å². The quantitative estimate of drug-likeness (QED) is 0.815. The number of nitrogens with one attached hydrogen (secondary N) is 1. The van der Waals surface area contributed by atoms with Crippen LogP contribution in [0.15, 0.2) is 18.2 Å². The highest BCUT2D eigenvalue weighted by atomic mass is 16.5. The maximum Gasteiger partial charge on any atom is 0.122 e. The lowest BCUT2D eigenvalue weighted by Crippen LogP contribution is -2.28.